The highest BCUT2D eigenvalue weighted by atomic mass is 19.1. The minimum Gasteiger partial charge on any atom is -0.497 e. The van der Waals surface area contributed by atoms with Crippen molar-refractivity contribution in [1.29, 1.82) is 0 Å². The van der Waals surface area contributed by atoms with E-state index in [9.17, 15) is 14.0 Å². The number of amides is 3. The van der Waals surface area contributed by atoms with Crippen molar-refractivity contribution in [2.75, 3.05) is 39.2 Å². The van der Waals surface area contributed by atoms with Crippen molar-refractivity contribution in [2.45, 2.75) is 26.8 Å². The summed E-state index contributed by atoms with van der Waals surface area (Å²) in [6.07, 6.45) is 2.59. The number of hydrogen-bond donors (Lipinski definition) is 2. The standard InChI is InChI=1S/C32H37FN4O4/c1-22(2)19-37(32(39)35-29-14-13-26(40-3)17-30(29)41-4)21-31(38)36(20-23-9-11-25(33)12-10-23)16-15-24-18-34-28-8-6-5-7-27(24)28/h5-14,17-18,22,34H,15-16,19-21H2,1-4H3,(H,35,39). The van der Waals surface area contributed by atoms with Gasteiger partial charge in [0.2, 0.25) is 5.91 Å². The molecule has 0 atom stereocenters. The first-order valence-corrected chi connectivity index (χ1v) is 13.6. The van der Waals surface area contributed by atoms with Gasteiger partial charge in [-0.05, 0) is 53.8 Å². The van der Waals surface area contributed by atoms with Crippen LogP contribution < -0.4 is 14.8 Å². The molecule has 0 fully saturated rings. The van der Waals surface area contributed by atoms with Gasteiger partial charge in [-0.15, -0.1) is 0 Å². The Morgan fingerprint density at radius 1 is 0.976 bits per heavy atom. The number of nitrogens with one attached hydrogen (secondary N) is 2. The van der Waals surface area contributed by atoms with E-state index < -0.39 is 6.03 Å². The molecule has 0 radical (unpaired) electrons. The highest BCUT2D eigenvalue weighted by Gasteiger charge is 2.24. The minimum absolute atomic E-state index is 0.114. The molecule has 3 amide bonds. The van der Waals surface area contributed by atoms with Crippen molar-refractivity contribution in [3.05, 3.63) is 89.9 Å². The molecule has 41 heavy (non-hydrogen) atoms. The van der Waals surface area contributed by atoms with Crippen LogP contribution in [0.4, 0.5) is 14.9 Å². The summed E-state index contributed by atoms with van der Waals surface area (Å²) in [5, 5.41) is 3.99. The van der Waals surface area contributed by atoms with Gasteiger partial charge in [0, 0.05) is 42.8 Å². The number of para-hydroxylation sites is 1. The van der Waals surface area contributed by atoms with E-state index in [4.69, 9.17) is 9.47 Å². The number of nitrogens with zero attached hydrogens (tertiary/aromatic N) is 2. The topological polar surface area (TPSA) is 86.9 Å². The lowest BCUT2D eigenvalue weighted by atomic mass is 10.1. The molecule has 0 saturated heterocycles. The molecule has 0 unspecified atom stereocenters. The van der Waals surface area contributed by atoms with E-state index in [1.165, 1.54) is 24.1 Å². The van der Waals surface area contributed by atoms with E-state index in [1.807, 2.05) is 38.2 Å². The number of anilines is 1. The molecule has 3 aromatic carbocycles. The number of fused-ring (bicyclic) bond motifs is 1. The Bertz CT molecular complexity index is 1470. The van der Waals surface area contributed by atoms with Crippen molar-refractivity contribution >= 4 is 28.5 Å². The highest BCUT2D eigenvalue weighted by molar-refractivity contribution is 5.93. The molecule has 8 nitrogen and oxygen atoms in total. The third kappa shape index (κ3) is 7.78. The maximum absolute atomic E-state index is 13.8. The van der Waals surface area contributed by atoms with Crippen LogP contribution in [0.2, 0.25) is 0 Å². The summed E-state index contributed by atoms with van der Waals surface area (Å²) in [5.41, 5.74) is 3.41. The maximum Gasteiger partial charge on any atom is 0.322 e. The number of carbonyl (C=O) groups is 2. The fourth-order valence-corrected chi connectivity index (χ4v) is 4.72. The van der Waals surface area contributed by atoms with Gasteiger partial charge >= 0.3 is 6.03 Å². The van der Waals surface area contributed by atoms with Crippen LogP contribution in [0.15, 0.2) is 72.9 Å². The average molecular weight is 561 g/mol. The number of ether oxygens (including phenoxy) is 2. The van der Waals surface area contributed by atoms with E-state index in [2.05, 4.69) is 16.4 Å². The largest absolute Gasteiger partial charge is 0.497 e. The monoisotopic (exact) mass is 560 g/mol. The molecule has 4 rings (SSSR count). The molecule has 1 heterocycles. The van der Waals surface area contributed by atoms with Crippen molar-refractivity contribution in [3.63, 3.8) is 0 Å². The van der Waals surface area contributed by atoms with Crippen molar-refractivity contribution in [3.8, 4) is 11.5 Å². The van der Waals surface area contributed by atoms with Gasteiger partial charge in [-0.3, -0.25) is 4.79 Å². The average Bonchev–Trinajstić information content (AvgIpc) is 3.38. The molecule has 4 aromatic rings. The predicted octanol–water partition coefficient (Wildman–Crippen LogP) is 6.09. The van der Waals surface area contributed by atoms with Gasteiger partial charge in [-0.25, -0.2) is 9.18 Å². The first-order valence-electron chi connectivity index (χ1n) is 13.6. The number of urea groups is 1. The van der Waals surface area contributed by atoms with Crippen LogP contribution in [0.25, 0.3) is 10.9 Å². The Morgan fingerprint density at radius 2 is 1.73 bits per heavy atom. The van der Waals surface area contributed by atoms with E-state index in [1.54, 1.807) is 42.3 Å². The summed E-state index contributed by atoms with van der Waals surface area (Å²) in [6, 6.07) is 18.9. The number of hydrogen-bond acceptors (Lipinski definition) is 4. The molecular formula is C32H37FN4O4. The zero-order chi connectivity index (χ0) is 29.4. The zero-order valence-electron chi connectivity index (χ0n) is 23.9. The molecule has 2 N–H and O–H groups in total. The summed E-state index contributed by atoms with van der Waals surface area (Å²) in [7, 11) is 3.07. The number of halogens is 1. The van der Waals surface area contributed by atoms with E-state index in [0.717, 1.165) is 22.0 Å². The minimum atomic E-state index is -0.408. The van der Waals surface area contributed by atoms with Crippen LogP contribution >= 0.6 is 0 Å². The summed E-state index contributed by atoms with van der Waals surface area (Å²) >= 11 is 0. The summed E-state index contributed by atoms with van der Waals surface area (Å²) in [4.78, 5) is 33.7. The van der Waals surface area contributed by atoms with Gasteiger partial charge < -0.3 is 29.6 Å². The van der Waals surface area contributed by atoms with E-state index >= 15 is 0 Å². The molecule has 9 heteroatoms. The molecule has 1 aromatic heterocycles. The molecule has 0 aliphatic heterocycles. The Labute approximate surface area is 240 Å². The first-order chi connectivity index (χ1) is 19.8. The Morgan fingerprint density at radius 3 is 2.44 bits per heavy atom. The van der Waals surface area contributed by atoms with Crippen LogP contribution in [0.3, 0.4) is 0 Å². The first kappa shape index (κ1) is 29.5. The Kier molecular flexibility index (Phi) is 9.84. The molecule has 0 aliphatic carbocycles. The normalized spacial score (nSPS) is 11.0. The fraction of sp³-hybridized carbons (Fsp3) is 0.312. The molecule has 0 aliphatic rings. The predicted molar refractivity (Wildman–Crippen MR) is 159 cm³/mol. The van der Waals surface area contributed by atoms with Crippen LogP contribution in [-0.4, -0.2) is 60.6 Å². The molecule has 0 bridgehead atoms. The van der Waals surface area contributed by atoms with Gasteiger partial charge in [-0.1, -0.05) is 44.2 Å². The van der Waals surface area contributed by atoms with Crippen LogP contribution in [0, 0.1) is 11.7 Å². The van der Waals surface area contributed by atoms with Gasteiger partial charge in [0.25, 0.3) is 0 Å². The second-order valence-electron chi connectivity index (χ2n) is 10.3. The van der Waals surface area contributed by atoms with Gasteiger partial charge in [0.05, 0.1) is 19.9 Å². The van der Waals surface area contributed by atoms with Gasteiger partial charge in [0.15, 0.2) is 0 Å². The Balaban J connectivity index is 1.53. The third-order valence-electron chi connectivity index (χ3n) is 6.81. The van der Waals surface area contributed by atoms with Crippen molar-refractivity contribution in [2.24, 2.45) is 5.92 Å². The quantitative estimate of drug-likeness (QED) is 0.220. The maximum atomic E-state index is 13.8. The smallest absolute Gasteiger partial charge is 0.322 e. The second-order valence-corrected chi connectivity index (χ2v) is 10.3. The van der Waals surface area contributed by atoms with Crippen molar-refractivity contribution < 1.29 is 23.5 Å². The molecule has 0 saturated carbocycles. The number of carbonyl (C=O) groups excluding carboxylic acids is 2. The zero-order valence-corrected chi connectivity index (χ0v) is 23.9. The van der Waals surface area contributed by atoms with E-state index in [-0.39, 0.29) is 24.2 Å². The molecular weight excluding hydrogens is 523 g/mol. The van der Waals surface area contributed by atoms with Crippen molar-refractivity contribution in [1.82, 2.24) is 14.8 Å². The lowest BCUT2D eigenvalue weighted by Crippen LogP contribution is -2.46. The Hall–Kier alpha value is -4.53. The lowest BCUT2D eigenvalue weighted by Gasteiger charge is -2.29. The lowest BCUT2D eigenvalue weighted by molar-refractivity contribution is -0.132. The number of benzene rings is 3. The summed E-state index contributed by atoms with van der Waals surface area (Å²) < 4.78 is 24.2. The van der Waals surface area contributed by atoms with Crippen LogP contribution in [0.1, 0.15) is 25.0 Å². The highest BCUT2D eigenvalue weighted by Crippen LogP contribution is 2.29. The van der Waals surface area contributed by atoms with Gasteiger partial charge in [-0.2, -0.15) is 0 Å². The molecule has 216 valence electrons. The SMILES string of the molecule is COc1ccc(NC(=O)N(CC(=O)N(CCc2c[nH]c3ccccc23)Cc2ccc(F)cc2)CC(C)C)c(OC)c1. The number of methoxy groups -OCH3 is 2. The number of H-pyrrole nitrogens is 1. The third-order valence-corrected chi connectivity index (χ3v) is 6.81. The summed E-state index contributed by atoms with van der Waals surface area (Å²) in [6.45, 7) is 4.98. The van der Waals surface area contributed by atoms with Crippen LogP contribution in [-0.2, 0) is 17.8 Å². The number of aromatic amines is 1. The second kappa shape index (κ2) is 13.7. The fourth-order valence-electron chi connectivity index (χ4n) is 4.72. The number of rotatable bonds is 12. The molecule has 0 spiro atoms. The van der Waals surface area contributed by atoms with Gasteiger partial charge in [0.1, 0.15) is 23.9 Å². The van der Waals surface area contributed by atoms with E-state index in [0.29, 0.717) is 43.2 Å². The van der Waals surface area contributed by atoms with Crippen LogP contribution in [0.5, 0.6) is 11.5 Å². The number of aromatic nitrogens is 1. The summed E-state index contributed by atoms with van der Waals surface area (Å²) in [5.74, 6) is 0.639.